The van der Waals surface area contributed by atoms with Crippen LogP contribution < -0.4 is 9.47 Å². The number of nitrogens with zero attached hydrogens (tertiary/aromatic N) is 5. The summed E-state index contributed by atoms with van der Waals surface area (Å²) in [6.07, 6.45) is -1.48. The second-order valence-corrected chi connectivity index (χ2v) is 8.78. The SMILES string of the molecule is COc1cccc(CN2CCN(C(=O)c3cnn4c(C(F)F)cc(-c5ccccc5OC)nc34)CC2)c1. The van der Waals surface area contributed by atoms with Crippen molar-refractivity contribution >= 4 is 11.6 Å². The van der Waals surface area contributed by atoms with E-state index in [1.54, 1.807) is 36.3 Å². The Balaban J connectivity index is 1.39. The van der Waals surface area contributed by atoms with Crippen LogP contribution in [0, 0.1) is 0 Å². The Kier molecular flexibility index (Phi) is 7.00. The minimum atomic E-state index is -2.80. The second kappa shape index (κ2) is 10.5. The van der Waals surface area contributed by atoms with Gasteiger partial charge in [0.2, 0.25) is 0 Å². The van der Waals surface area contributed by atoms with Gasteiger partial charge < -0.3 is 14.4 Å². The molecule has 1 amide bonds. The fourth-order valence-electron chi connectivity index (χ4n) is 4.60. The van der Waals surface area contributed by atoms with E-state index < -0.39 is 6.43 Å². The van der Waals surface area contributed by atoms with Crippen molar-refractivity contribution in [3.05, 3.63) is 77.6 Å². The number of methoxy groups -OCH3 is 2. The summed E-state index contributed by atoms with van der Waals surface area (Å²) in [5, 5.41) is 4.09. The number of hydrogen-bond donors (Lipinski definition) is 0. The van der Waals surface area contributed by atoms with E-state index in [2.05, 4.69) is 15.0 Å². The van der Waals surface area contributed by atoms with Crippen molar-refractivity contribution in [2.45, 2.75) is 13.0 Å². The third-order valence-electron chi connectivity index (χ3n) is 6.54. The Morgan fingerprint density at radius 2 is 1.78 bits per heavy atom. The molecule has 0 spiro atoms. The van der Waals surface area contributed by atoms with Crippen molar-refractivity contribution in [3.63, 3.8) is 0 Å². The van der Waals surface area contributed by atoms with Gasteiger partial charge in [-0.05, 0) is 35.9 Å². The Hall–Kier alpha value is -4.05. The first-order chi connectivity index (χ1) is 18.0. The van der Waals surface area contributed by atoms with Crippen LogP contribution in [0.2, 0.25) is 0 Å². The van der Waals surface area contributed by atoms with Gasteiger partial charge >= 0.3 is 0 Å². The summed E-state index contributed by atoms with van der Waals surface area (Å²) in [7, 11) is 3.15. The number of alkyl halides is 2. The summed E-state index contributed by atoms with van der Waals surface area (Å²) in [5.74, 6) is 1.03. The normalized spacial score (nSPS) is 14.4. The summed E-state index contributed by atoms with van der Waals surface area (Å²) in [5.41, 5.74) is 1.93. The van der Waals surface area contributed by atoms with Crippen molar-refractivity contribution in [1.29, 1.82) is 0 Å². The molecule has 0 N–H and O–H groups in total. The molecule has 0 unspecified atom stereocenters. The van der Waals surface area contributed by atoms with E-state index in [1.165, 1.54) is 19.4 Å². The lowest BCUT2D eigenvalue weighted by Gasteiger charge is -2.34. The van der Waals surface area contributed by atoms with Crippen LogP contribution in [0.4, 0.5) is 8.78 Å². The van der Waals surface area contributed by atoms with Crippen LogP contribution >= 0.6 is 0 Å². The molecule has 0 bridgehead atoms. The Morgan fingerprint density at radius 3 is 2.51 bits per heavy atom. The topological polar surface area (TPSA) is 72.2 Å². The number of benzene rings is 2. The van der Waals surface area contributed by atoms with Gasteiger partial charge in [0, 0.05) is 38.3 Å². The van der Waals surface area contributed by atoms with Gasteiger partial charge in [0.1, 0.15) is 22.8 Å². The van der Waals surface area contributed by atoms with Gasteiger partial charge in [-0.1, -0.05) is 24.3 Å². The summed E-state index contributed by atoms with van der Waals surface area (Å²) < 4.78 is 39.7. The molecule has 1 aliphatic rings. The number of carbonyl (C=O) groups excluding carboxylic acids is 1. The number of amides is 1. The number of fused-ring (bicyclic) bond motifs is 1. The lowest BCUT2D eigenvalue weighted by atomic mass is 10.1. The molecule has 3 heterocycles. The highest BCUT2D eigenvalue weighted by Gasteiger charge is 2.27. The summed E-state index contributed by atoms with van der Waals surface area (Å²) >= 11 is 0. The lowest BCUT2D eigenvalue weighted by molar-refractivity contribution is 0.0630. The fourth-order valence-corrected chi connectivity index (χ4v) is 4.60. The summed E-state index contributed by atoms with van der Waals surface area (Å²) in [6, 6.07) is 16.2. The van der Waals surface area contributed by atoms with E-state index in [-0.39, 0.29) is 28.5 Å². The Morgan fingerprint density at radius 1 is 1.00 bits per heavy atom. The quantitative estimate of drug-likeness (QED) is 0.371. The number of ether oxygens (including phenoxy) is 2. The predicted octanol–water partition coefficient (Wildman–Crippen LogP) is 4.31. The highest BCUT2D eigenvalue weighted by molar-refractivity contribution is 6.00. The molecule has 0 atom stereocenters. The van der Waals surface area contributed by atoms with Gasteiger partial charge in [0.15, 0.2) is 5.65 Å². The third kappa shape index (κ3) is 4.97. The number of para-hydroxylation sites is 1. The molecule has 1 fully saturated rings. The minimum absolute atomic E-state index is 0.0996. The maximum Gasteiger partial charge on any atom is 0.280 e. The molecular weight excluding hydrogens is 480 g/mol. The van der Waals surface area contributed by atoms with Crippen molar-refractivity contribution < 1.29 is 23.0 Å². The predicted molar refractivity (Wildman–Crippen MR) is 134 cm³/mol. The van der Waals surface area contributed by atoms with Crippen molar-refractivity contribution in [1.82, 2.24) is 24.4 Å². The molecule has 192 valence electrons. The smallest absolute Gasteiger partial charge is 0.280 e. The standard InChI is InChI=1S/C27H27F2N5O3/c1-36-19-7-5-6-18(14-19)17-32-10-12-33(13-11-32)27(35)21-16-30-34-23(25(28)29)15-22(31-26(21)34)20-8-3-4-9-24(20)37-2/h3-9,14-16,25H,10-13,17H2,1-2H3. The van der Waals surface area contributed by atoms with Crippen molar-refractivity contribution in [2.24, 2.45) is 0 Å². The average molecular weight is 508 g/mol. The molecule has 0 aliphatic carbocycles. The second-order valence-electron chi connectivity index (χ2n) is 8.78. The van der Waals surface area contributed by atoms with Gasteiger partial charge in [-0.15, -0.1) is 0 Å². The number of aromatic nitrogens is 3. The summed E-state index contributed by atoms with van der Waals surface area (Å²) in [6.45, 7) is 3.13. The number of halogens is 2. The van der Waals surface area contributed by atoms with E-state index in [0.29, 0.717) is 37.5 Å². The van der Waals surface area contributed by atoms with E-state index in [0.717, 1.165) is 22.4 Å². The molecule has 37 heavy (non-hydrogen) atoms. The van der Waals surface area contributed by atoms with Gasteiger partial charge in [0.05, 0.1) is 26.1 Å². The van der Waals surface area contributed by atoms with Gasteiger partial charge in [-0.3, -0.25) is 9.69 Å². The molecule has 10 heteroatoms. The van der Waals surface area contributed by atoms with Crippen LogP contribution in [0.5, 0.6) is 11.5 Å². The van der Waals surface area contributed by atoms with E-state index in [1.807, 2.05) is 24.3 Å². The molecule has 1 aliphatic heterocycles. The van der Waals surface area contributed by atoms with Crippen LogP contribution in [-0.4, -0.2) is 70.7 Å². The molecule has 0 radical (unpaired) electrons. The molecule has 5 rings (SSSR count). The highest BCUT2D eigenvalue weighted by Crippen LogP contribution is 2.32. The molecule has 0 saturated carbocycles. The first-order valence-corrected chi connectivity index (χ1v) is 11.9. The van der Waals surface area contributed by atoms with E-state index in [4.69, 9.17) is 9.47 Å². The van der Waals surface area contributed by atoms with Gasteiger partial charge in [0.25, 0.3) is 12.3 Å². The first-order valence-electron chi connectivity index (χ1n) is 11.9. The molecule has 8 nitrogen and oxygen atoms in total. The Bertz CT molecular complexity index is 1420. The van der Waals surface area contributed by atoms with Gasteiger partial charge in [-0.25, -0.2) is 18.3 Å². The van der Waals surface area contributed by atoms with Crippen LogP contribution in [0.3, 0.4) is 0 Å². The molecule has 2 aromatic carbocycles. The molecule has 2 aromatic heterocycles. The average Bonchev–Trinajstić information content (AvgIpc) is 3.36. The molecular formula is C27H27F2N5O3. The monoisotopic (exact) mass is 507 g/mol. The highest BCUT2D eigenvalue weighted by atomic mass is 19.3. The minimum Gasteiger partial charge on any atom is -0.497 e. The van der Waals surface area contributed by atoms with E-state index in [9.17, 15) is 13.6 Å². The number of carbonyl (C=O) groups is 1. The van der Waals surface area contributed by atoms with Crippen molar-refractivity contribution in [3.8, 4) is 22.8 Å². The zero-order valence-electron chi connectivity index (χ0n) is 20.6. The zero-order valence-corrected chi connectivity index (χ0v) is 20.6. The largest absolute Gasteiger partial charge is 0.497 e. The van der Waals surface area contributed by atoms with Crippen LogP contribution in [0.1, 0.15) is 28.0 Å². The van der Waals surface area contributed by atoms with Crippen molar-refractivity contribution in [2.75, 3.05) is 40.4 Å². The third-order valence-corrected chi connectivity index (χ3v) is 6.54. The summed E-state index contributed by atoms with van der Waals surface area (Å²) in [4.78, 5) is 22.0. The number of hydrogen-bond acceptors (Lipinski definition) is 6. The fraction of sp³-hybridized carbons (Fsp3) is 0.296. The van der Waals surface area contributed by atoms with Crippen LogP contribution in [-0.2, 0) is 6.54 Å². The Labute approximate surface area is 213 Å². The maximum absolute atomic E-state index is 14.0. The van der Waals surface area contributed by atoms with E-state index >= 15 is 0 Å². The van der Waals surface area contributed by atoms with Crippen LogP contribution in [0.15, 0.2) is 60.8 Å². The molecule has 4 aromatic rings. The van der Waals surface area contributed by atoms with Gasteiger partial charge in [-0.2, -0.15) is 5.10 Å². The maximum atomic E-state index is 14.0. The first kappa shape index (κ1) is 24.6. The zero-order chi connectivity index (χ0) is 25.9. The molecule has 1 saturated heterocycles. The lowest BCUT2D eigenvalue weighted by Crippen LogP contribution is -2.48. The van der Waals surface area contributed by atoms with Crippen LogP contribution in [0.25, 0.3) is 16.9 Å². The number of piperazine rings is 1. The number of rotatable bonds is 7.